The Kier molecular flexibility index (Phi) is 7.50. The van der Waals surface area contributed by atoms with Gasteiger partial charge in [0, 0.05) is 6.61 Å². The van der Waals surface area contributed by atoms with E-state index in [1.54, 1.807) is 0 Å². The average molecular weight is 613 g/mol. The van der Waals surface area contributed by atoms with E-state index in [-0.39, 0.29) is 34.6 Å². The number of aliphatic hydroxyl groups excluding tert-OH is 3. The molecule has 0 saturated carbocycles. The summed E-state index contributed by atoms with van der Waals surface area (Å²) >= 11 is 0. The number of nitrogens with one attached hydrogen (secondary N) is 1. The molecule has 4 aromatic rings. The number of H-pyrrole nitrogens is 1. The highest BCUT2D eigenvalue weighted by Crippen LogP contribution is 2.51. The van der Waals surface area contributed by atoms with Crippen molar-refractivity contribution in [3.05, 3.63) is 35.7 Å². The highest BCUT2D eigenvalue weighted by Gasteiger charge is 2.51. The van der Waals surface area contributed by atoms with E-state index in [1.165, 1.54) is 17.2 Å². The third-order valence-electron chi connectivity index (χ3n) is 6.97. The number of rotatable bonds is 9. The smallest absolute Gasteiger partial charge is 0.396 e. The standard InChI is InChI=1S/C21H25FN9O10P/c22-10-8(1-2-32)39-21(31-7-29-12-18(31)26-5-27-19(12)35)15(10)41-42(36,37)38-3-9-13(33)14(34)20(40-9)30-6-28-11-16(23)24-4-25-17(11)30/h4-10,13-15,20-21,32-34H,1-3H2,(H,36,37)(H2,23,24,25)(H,26,27,35)/t8-,9-,10+,13-,14-,15-,20-,21-/m1/s1. The van der Waals surface area contributed by atoms with Crippen LogP contribution in [-0.4, -0.2) is 109 Å². The summed E-state index contributed by atoms with van der Waals surface area (Å²) in [4.78, 5) is 44.9. The second-order valence-electron chi connectivity index (χ2n) is 9.54. The Morgan fingerprint density at radius 2 is 1.71 bits per heavy atom. The van der Waals surface area contributed by atoms with Gasteiger partial charge in [-0.3, -0.25) is 23.0 Å². The molecule has 21 heteroatoms. The predicted octanol–water partition coefficient (Wildman–Crippen LogP) is -1.72. The largest absolute Gasteiger partial charge is 0.472 e. The van der Waals surface area contributed by atoms with Crippen molar-refractivity contribution in [2.75, 3.05) is 18.9 Å². The number of alkyl halides is 1. The van der Waals surface area contributed by atoms with Crippen LogP contribution in [0.5, 0.6) is 0 Å². The molecule has 6 rings (SSSR count). The first-order chi connectivity index (χ1) is 20.1. The number of halogens is 1. The molecule has 2 aliphatic heterocycles. The van der Waals surface area contributed by atoms with E-state index in [0.717, 1.165) is 17.2 Å². The minimum Gasteiger partial charge on any atom is -0.396 e. The van der Waals surface area contributed by atoms with Crippen LogP contribution in [0.2, 0.25) is 0 Å². The second kappa shape index (κ2) is 11.0. The number of nitrogen functional groups attached to an aromatic ring is 1. The molecule has 0 aromatic carbocycles. The van der Waals surface area contributed by atoms with Crippen LogP contribution in [0.1, 0.15) is 18.9 Å². The zero-order valence-electron chi connectivity index (χ0n) is 21.3. The molecule has 0 amide bonds. The molecule has 0 radical (unpaired) electrons. The first-order valence-corrected chi connectivity index (χ1v) is 14.0. The van der Waals surface area contributed by atoms with Crippen LogP contribution >= 0.6 is 7.82 Å². The van der Waals surface area contributed by atoms with Gasteiger partial charge < -0.3 is 40.4 Å². The molecule has 2 saturated heterocycles. The molecule has 2 aliphatic rings. The number of phosphoric acid groups is 1. The first kappa shape index (κ1) is 28.6. The topological polar surface area (TPSA) is 268 Å². The molecular formula is C21H25FN9O10P. The third-order valence-corrected chi connectivity index (χ3v) is 7.96. The normalized spacial score (nSPS) is 31.3. The van der Waals surface area contributed by atoms with Crippen LogP contribution in [0, 0.1) is 0 Å². The van der Waals surface area contributed by atoms with Gasteiger partial charge in [-0.25, -0.2) is 33.9 Å². The number of ether oxygens (including phenoxy) is 2. The van der Waals surface area contributed by atoms with Crippen LogP contribution in [0.3, 0.4) is 0 Å². The number of fused-ring (bicyclic) bond motifs is 2. The van der Waals surface area contributed by atoms with Crippen LogP contribution in [0.15, 0.2) is 30.1 Å². The number of aliphatic hydroxyl groups is 3. The number of phosphoric ester groups is 1. The first-order valence-electron chi connectivity index (χ1n) is 12.5. The molecule has 4 aromatic heterocycles. The van der Waals surface area contributed by atoms with E-state index in [9.17, 15) is 29.6 Å². The summed E-state index contributed by atoms with van der Waals surface area (Å²) in [5.74, 6) is 0.0814. The summed E-state index contributed by atoms with van der Waals surface area (Å²) in [5, 5.41) is 30.5. The van der Waals surface area contributed by atoms with Crippen molar-refractivity contribution >= 4 is 36.0 Å². The molecule has 0 bridgehead atoms. The SMILES string of the molecule is Nc1ncnc2c1ncn2[C@@H]1O[C@H](COP(=O)(O)O[C@@H]2[C@@H](F)[C@@H](CCO)O[C@H]2n2cnc3c(=O)[nH]cnc32)[C@@H](O)[C@H]1O. The number of imidazole rings is 2. The molecule has 0 aliphatic carbocycles. The van der Waals surface area contributed by atoms with Crippen LogP contribution in [0.4, 0.5) is 10.2 Å². The number of aromatic amines is 1. The van der Waals surface area contributed by atoms with Gasteiger partial charge >= 0.3 is 7.82 Å². The van der Waals surface area contributed by atoms with Gasteiger partial charge in [-0.2, -0.15) is 0 Å². The maximum Gasteiger partial charge on any atom is 0.472 e. The van der Waals surface area contributed by atoms with Gasteiger partial charge in [0.1, 0.15) is 36.3 Å². The van der Waals surface area contributed by atoms with Gasteiger partial charge in [-0.1, -0.05) is 0 Å². The van der Waals surface area contributed by atoms with Gasteiger partial charge in [-0.05, 0) is 6.42 Å². The predicted molar refractivity (Wildman–Crippen MR) is 135 cm³/mol. The van der Waals surface area contributed by atoms with Gasteiger partial charge in [0.05, 0.1) is 31.7 Å². The van der Waals surface area contributed by atoms with Crippen molar-refractivity contribution in [1.82, 2.24) is 39.0 Å². The number of nitrogens with two attached hydrogens (primary N) is 1. The fraction of sp³-hybridized carbons (Fsp3) is 0.524. The van der Waals surface area contributed by atoms with Gasteiger partial charge in [0.2, 0.25) is 0 Å². The van der Waals surface area contributed by atoms with Crippen molar-refractivity contribution in [3.63, 3.8) is 0 Å². The highest BCUT2D eigenvalue weighted by atomic mass is 31.2. The average Bonchev–Trinajstić information content (AvgIpc) is 3.71. The lowest BCUT2D eigenvalue weighted by molar-refractivity contribution is -0.0596. The molecule has 19 nitrogen and oxygen atoms in total. The Morgan fingerprint density at radius 3 is 2.48 bits per heavy atom. The Morgan fingerprint density at radius 1 is 1.02 bits per heavy atom. The third kappa shape index (κ3) is 4.95. The highest BCUT2D eigenvalue weighted by molar-refractivity contribution is 7.47. The Bertz CT molecular complexity index is 1700. The minimum atomic E-state index is -5.09. The molecule has 6 heterocycles. The van der Waals surface area contributed by atoms with Crippen molar-refractivity contribution in [2.45, 2.75) is 55.6 Å². The van der Waals surface area contributed by atoms with E-state index in [0.29, 0.717) is 0 Å². The van der Waals surface area contributed by atoms with Crippen molar-refractivity contribution in [2.24, 2.45) is 0 Å². The molecule has 0 spiro atoms. The zero-order valence-corrected chi connectivity index (χ0v) is 22.2. The number of nitrogens with zero attached hydrogens (tertiary/aromatic N) is 7. The monoisotopic (exact) mass is 613 g/mol. The number of aromatic nitrogens is 8. The maximum atomic E-state index is 15.4. The summed E-state index contributed by atoms with van der Waals surface area (Å²) in [5.41, 5.74) is 5.54. The van der Waals surface area contributed by atoms with E-state index < -0.39 is 75.7 Å². The number of hydrogen-bond acceptors (Lipinski definition) is 15. The van der Waals surface area contributed by atoms with Gasteiger partial charge in [0.25, 0.3) is 5.56 Å². The van der Waals surface area contributed by atoms with Crippen LogP contribution in [0.25, 0.3) is 22.3 Å². The fourth-order valence-corrected chi connectivity index (χ4v) is 5.87. The van der Waals surface area contributed by atoms with E-state index >= 15 is 4.39 Å². The molecule has 226 valence electrons. The molecule has 1 unspecified atom stereocenters. The van der Waals surface area contributed by atoms with Crippen LogP contribution < -0.4 is 11.3 Å². The number of anilines is 1. The zero-order chi connectivity index (χ0) is 29.8. The summed E-state index contributed by atoms with van der Waals surface area (Å²) in [6.45, 7) is -1.21. The van der Waals surface area contributed by atoms with E-state index in [4.69, 9.17) is 24.3 Å². The summed E-state index contributed by atoms with van der Waals surface area (Å²) in [6.07, 6.45) is -7.64. The lowest BCUT2D eigenvalue weighted by atomic mass is 10.1. The summed E-state index contributed by atoms with van der Waals surface area (Å²) in [7, 11) is -5.09. The lowest BCUT2D eigenvalue weighted by Crippen LogP contribution is -2.34. The van der Waals surface area contributed by atoms with Crippen molar-refractivity contribution < 1.29 is 47.7 Å². The summed E-state index contributed by atoms with van der Waals surface area (Å²) in [6, 6.07) is 0. The fourth-order valence-electron chi connectivity index (χ4n) is 4.94. The van der Waals surface area contributed by atoms with Crippen LogP contribution in [-0.2, 0) is 23.1 Å². The lowest BCUT2D eigenvalue weighted by Gasteiger charge is -2.24. The quantitative estimate of drug-likeness (QED) is 0.115. The van der Waals surface area contributed by atoms with E-state index in [1.807, 2.05) is 0 Å². The van der Waals surface area contributed by atoms with Gasteiger partial charge in [-0.15, -0.1) is 0 Å². The van der Waals surface area contributed by atoms with Crippen molar-refractivity contribution in [3.8, 4) is 0 Å². The van der Waals surface area contributed by atoms with E-state index in [2.05, 4.69) is 29.9 Å². The maximum absolute atomic E-state index is 15.4. The minimum absolute atomic E-state index is 0.00977. The Labute approximate surface area is 233 Å². The molecular weight excluding hydrogens is 588 g/mol. The summed E-state index contributed by atoms with van der Waals surface area (Å²) < 4.78 is 52.4. The molecule has 42 heavy (non-hydrogen) atoms. The molecule has 7 N–H and O–H groups in total. The van der Waals surface area contributed by atoms with Gasteiger partial charge in [0.15, 0.2) is 41.3 Å². The molecule has 9 atom stereocenters. The second-order valence-corrected chi connectivity index (χ2v) is 10.9. The van der Waals surface area contributed by atoms with Crippen molar-refractivity contribution in [1.29, 1.82) is 0 Å². The molecule has 2 fully saturated rings. The number of hydrogen-bond donors (Lipinski definition) is 6. The Balaban J connectivity index is 1.18. The Hall–Kier alpha value is -3.46.